The molecular formula is C18H17Cl2N5OS. The zero-order chi connectivity index (χ0) is 19.6. The van der Waals surface area contributed by atoms with Crippen molar-refractivity contribution in [3.63, 3.8) is 0 Å². The first kappa shape index (κ1) is 19.7. The van der Waals surface area contributed by atoms with Crippen LogP contribution in [0.1, 0.15) is 18.1 Å². The van der Waals surface area contributed by atoms with Crippen LogP contribution in [0.25, 0.3) is 5.69 Å². The van der Waals surface area contributed by atoms with Gasteiger partial charge in [-0.1, -0.05) is 47.1 Å². The number of nitrogens with one attached hydrogen (secondary N) is 1. The average Bonchev–Trinajstić information content (AvgIpc) is 3.08. The first-order valence-corrected chi connectivity index (χ1v) is 9.78. The van der Waals surface area contributed by atoms with Crippen LogP contribution in [-0.2, 0) is 4.79 Å². The van der Waals surface area contributed by atoms with Gasteiger partial charge in [-0.3, -0.25) is 4.79 Å². The number of tetrazole rings is 1. The van der Waals surface area contributed by atoms with Gasteiger partial charge in [0.05, 0.1) is 21.6 Å². The van der Waals surface area contributed by atoms with E-state index < -0.39 is 5.25 Å². The van der Waals surface area contributed by atoms with Gasteiger partial charge < -0.3 is 5.32 Å². The van der Waals surface area contributed by atoms with Crippen molar-refractivity contribution in [2.24, 2.45) is 0 Å². The van der Waals surface area contributed by atoms with Gasteiger partial charge in [0, 0.05) is 5.02 Å². The molecule has 0 radical (unpaired) electrons. The normalized spacial score (nSPS) is 12.0. The third-order valence-electron chi connectivity index (χ3n) is 4.08. The predicted octanol–water partition coefficient (Wildman–Crippen LogP) is 4.71. The van der Waals surface area contributed by atoms with Crippen molar-refractivity contribution in [3.8, 4) is 5.69 Å². The summed E-state index contributed by atoms with van der Waals surface area (Å²) in [5, 5.41) is 15.7. The molecular weight excluding hydrogens is 405 g/mol. The monoisotopic (exact) mass is 421 g/mol. The van der Waals surface area contributed by atoms with Gasteiger partial charge in [0.2, 0.25) is 11.1 Å². The van der Waals surface area contributed by atoms with Crippen molar-refractivity contribution in [1.29, 1.82) is 0 Å². The Balaban J connectivity index is 1.78. The number of aryl methyl sites for hydroxylation is 1. The van der Waals surface area contributed by atoms with Gasteiger partial charge >= 0.3 is 0 Å². The Bertz CT molecular complexity index is 992. The maximum absolute atomic E-state index is 12.6. The number of aromatic nitrogens is 4. The SMILES string of the molecule is Cc1cccc(-n2nnnc2S[C@@H](C)C(=O)Nc2cc(Cl)ccc2Cl)c1C. The van der Waals surface area contributed by atoms with Gasteiger partial charge in [0.25, 0.3) is 0 Å². The summed E-state index contributed by atoms with van der Waals surface area (Å²) in [7, 11) is 0. The first-order valence-electron chi connectivity index (χ1n) is 8.14. The van der Waals surface area contributed by atoms with Crippen LogP contribution in [0.15, 0.2) is 41.6 Å². The molecule has 1 aromatic heterocycles. The predicted molar refractivity (Wildman–Crippen MR) is 109 cm³/mol. The maximum atomic E-state index is 12.6. The summed E-state index contributed by atoms with van der Waals surface area (Å²) in [5.74, 6) is -0.223. The maximum Gasteiger partial charge on any atom is 0.237 e. The molecule has 0 unspecified atom stereocenters. The third kappa shape index (κ3) is 4.43. The van der Waals surface area contributed by atoms with E-state index in [-0.39, 0.29) is 5.91 Å². The second kappa shape index (κ2) is 8.29. The topological polar surface area (TPSA) is 72.7 Å². The highest BCUT2D eigenvalue weighted by Crippen LogP contribution is 2.28. The minimum atomic E-state index is -0.449. The Morgan fingerprint density at radius 3 is 2.78 bits per heavy atom. The number of carbonyl (C=O) groups is 1. The van der Waals surface area contributed by atoms with Crippen molar-refractivity contribution in [3.05, 3.63) is 57.6 Å². The van der Waals surface area contributed by atoms with Crippen LogP contribution in [0.3, 0.4) is 0 Å². The van der Waals surface area contributed by atoms with Crippen molar-refractivity contribution < 1.29 is 4.79 Å². The number of nitrogens with zero attached hydrogens (tertiary/aromatic N) is 4. The summed E-state index contributed by atoms with van der Waals surface area (Å²) in [6.07, 6.45) is 0. The molecule has 1 atom stereocenters. The van der Waals surface area contributed by atoms with Gasteiger partial charge in [-0.05, 0) is 66.6 Å². The Morgan fingerprint density at radius 2 is 2.00 bits per heavy atom. The standard InChI is InChI=1S/C18H17Cl2N5OS/c1-10-5-4-6-16(11(10)2)25-18(22-23-24-25)27-12(3)17(26)21-15-9-13(19)7-8-14(15)20/h4-9,12H,1-3H3,(H,21,26)/t12-/m0/s1. The molecule has 2 aromatic carbocycles. The number of benzene rings is 2. The van der Waals surface area contributed by atoms with Crippen LogP contribution in [0.2, 0.25) is 10.0 Å². The highest BCUT2D eigenvalue weighted by Gasteiger charge is 2.21. The van der Waals surface area contributed by atoms with Gasteiger partial charge in [-0.15, -0.1) is 5.10 Å². The van der Waals surface area contributed by atoms with E-state index in [1.165, 1.54) is 11.8 Å². The molecule has 1 N–H and O–H groups in total. The van der Waals surface area contributed by atoms with Crippen molar-refractivity contribution in [1.82, 2.24) is 20.2 Å². The molecule has 0 saturated heterocycles. The molecule has 140 valence electrons. The summed E-state index contributed by atoms with van der Waals surface area (Å²) in [6.45, 7) is 5.82. The number of anilines is 1. The van der Waals surface area contributed by atoms with Crippen LogP contribution in [-0.4, -0.2) is 31.4 Å². The van der Waals surface area contributed by atoms with Gasteiger partial charge in [0.1, 0.15) is 0 Å². The molecule has 3 rings (SSSR count). The van der Waals surface area contributed by atoms with E-state index in [9.17, 15) is 4.79 Å². The molecule has 0 bridgehead atoms. The Kier molecular flexibility index (Phi) is 6.04. The molecule has 0 aliphatic heterocycles. The van der Waals surface area contributed by atoms with Crippen LogP contribution in [0.5, 0.6) is 0 Å². The van der Waals surface area contributed by atoms with E-state index in [1.807, 2.05) is 32.0 Å². The fraction of sp³-hybridized carbons (Fsp3) is 0.222. The van der Waals surface area contributed by atoms with Crippen molar-refractivity contribution in [2.45, 2.75) is 31.2 Å². The molecule has 0 spiro atoms. The number of hydrogen-bond acceptors (Lipinski definition) is 5. The molecule has 0 fully saturated rings. The summed E-state index contributed by atoms with van der Waals surface area (Å²) in [6, 6.07) is 10.8. The van der Waals surface area contributed by atoms with E-state index in [4.69, 9.17) is 23.2 Å². The van der Waals surface area contributed by atoms with E-state index in [2.05, 4.69) is 20.8 Å². The molecule has 6 nitrogen and oxygen atoms in total. The Morgan fingerprint density at radius 1 is 1.22 bits per heavy atom. The number of halogens is 2. The number of amides is 1. The van der Waals surface area contributed by atoms with Crippen LogP contribution >= 0.6 is 35.0 Å². The number of thioether (sulfide) groups is 1. The minimum Gasteiger partial charge on any atom is -0.324 e. The van der Waals surface area contributed by atoms with Gasteiger partial charge in [-0.2, -0.15) is 4.68 Å². The molecule has 9 heteroatoms. The average molecular weight is 422 g/mol. The Hall–Kier alpha value is -2.09. The first-order chi connectivity index (χ1) is 12.9. The Labute approximate surface area is 171 Å². The summed E-state index contributed by atoms with van der Waals surface area (Å²) >= 11 is 13.3. The largest absolute Gasteiger partial charge is 0.324 e. The summed E-state index contributed by atoms with van der Waals surface area (Å²) < 4.78 is 1.64. The fourth-order valence-corrected chi connectivity index (χ4v) is 3.55. The van der Waals surface area contributed by atoms with Crippen molar-refractivity contribution in [2.75, 3.05) is 5.32 Å². The molecule has 3 aromatic rings. The van der Waals surface area contributed by atoms with Crippen LogP contribution in [0, 0.1) is 13.8 Å². The number of hydrogen-bond donors (Lipinski definition) is 1. The van der Waals surface area contributed by atoms with E-state index in [1.54, 1.807) is 29.8 Å². The zero-order valence-electron chi connectivity index (χ0n) is 14.9. The number of carbonyl (C=O) groups excluding carboxylic acids is 1. The number of rotatable bonds is 5. The smallest absolute Gasteiger partial charge is 0.237 e. The second-order valence-corrected chi connectivity index (χ2v) is 8.12. The van der Waals surface area contributed by atoms with Crippen LogP contribution < -0.4 is 5.32 Å². The molecule has 0 aliphatic carbocycles. The molecule has 27 heavy (non-hydrogen) atoms. The highest BCUT2D eigenvalue weighted by molar-refractivity contribution is 8.00. The second-order valence-electron chi connectivity index (χ2n) is 5.97. The lowest BCUT2D eigenvalue weighted by Crippen LogP contribution is -2.23. The van der Waals surface area contributed by atoms with E-state index in [0.29, 0.717) is 20.9 Å². The molecule has 1 amide bonds. The third-order valence-corrected chi connectivity index (χ3v) is 5.68. The fourth-order valence-electron chi connectivity index (χ4n) is 2.41. The summed E-state index contributed by atoms with van der Waals surface area (Å²) in [4.78, 5) is 12.6. The highest BCUT2D eigenvalue weighted by atomic mass is 35.5. The molecule has 0 saturated carbocycles. The zero-order valence-corrected chi connectivity index (χ0v) is 17.2. The lowest BCUT2D eigenvalue weighted by Gasteiger charge is -2.14. The van der Waals surface area contributed by atoms with Crippen LogP contribution in [0.4, 0.5) is 5.69 Å². The quantitative estimate of drug-likeness (QED) is 0.604. The molecule has 0 aliphatic rings. The van der Waals surface area contributed by atoms with Gasteiger partial charge in [0.15, 0.2) is 0 Å². The van der Waals surface area contributed by atoms with Crippen molar-refractivity contribution >= 4 is 46.6 Å². The lowest BCUT2D eigenvalue weighted by atomic mass is 10.1. The van der Waals surface area contributed by atoms with E-state index in [0.717, 1.165) is 16.8 Å². The summed E-state index contributed by atoms with van der Waals surface area (Å²) in [5.41, 5.74) is 3.57. The lowest BCUT2D eigenvalue weighted by molar-refractivity contribution is -0.115. The minimum absolute atomic E-state index is 0.223. The van der Waals surface area contributed by atoms with Gasteiger partial charge in [-0.25, -0.2) is 0 Å². The van der Waals surface area contributed by atoms with E-state index >= 15 is 0 Å². The molecule has 1 heterocycles.